The maximum atomic E-state index is 11.3. The Morgan fingerprint density at radius 3 is 1.94 bits per heavy atom. The zero-order valence-electron chi connectivity index (χ0n) is 9.90. The first kappa shape index (κ1) is 14.7. The van der Waals surface area contributed by atoms with Crippen LogP contribution in [0.1, 0.15) is 46.0 Å². The Hall–Kier alpha value is -1.32. The van der Waals surface area contributed by atoms with E-state index in [1.807, 2.05) is 13.8 Å². The second-order valence-electron chi connectivity index (χ2n) is 3.96. The van der Waals surface area contributed by atoms with Crippen molar-refractivity contribution in [1.82, 2.24) is 0 Å². The third kappa shape index (κ3) is 4.47. The van der Waals surface area contributed by atoms with Crippen molar-refractivity contribution in [2.75, 3.05) is 0 Å². The summed E-state index contributed by atoms with van der Waals surface area (Å²) < 4.78 is 0. The Bertz CT molecular complexity index is 262. The van der Waals surface area contributed by atoms with E-state index in [0.717, 1.165) is 12.8 Å². The molecular weight excluding hydrogens is 208 g/mol. The molecule has 0 amide bonds. The minimum atomic E-state index is -0.941. The minimum absolute atomic E-state index is 0.123. The molecule has 2 N–H and O–H groups in total. The predicted molar refractivity (Wildman–Crippen MR) is 61.3 cm³/mol. The van der Waals surface area contributed by atoms with Crippen molar-refractivity contribution in [3.05, 3.63) is 12.2 Å². The number of carboxylic acid groups (broad SMARTS) is 2. The van der Waals surface area contributed by atoms with Gasteiger partial charge in [-0.15, -0.1) is 0 Å². The number of rotatable bonds is 8. The number of carbonyl (C=O) groups is 2. The molecule has 0 aromatic carbocycles. The second kappa shape index (κ2) is 7.04. The predicted octanol–water partition coefficient (Wildman–Crippen LogP) is 2.69. The van der Waals surface area contributed by atoms with Gasteiger partial charge in [0, 0.05) is 0 Å². The molecule has 4 heteroatoms. The first-order valence-electron chi connectivity index (χ1n) is 5.61. The van der Waals surface area contributed by atoms with E-state index in [0.29, 0.717) is 12.8 Å². The Morgan fingerprint density at radius 2 is 1.62 bits per heavy atom. The summed E-state index contributed by atoms with van der Waals surface area (Å²) in [6.07, 6.45) is 5.51. The third-order valence-corrected chi connectivity index (χ3v) is 2.55. The molecule has 0 bridgehead atoms. The molecule has 0 aliphatic heterocycles. The van der Waals surface area contributed by atoms with Crippen molar-refractivity contribution in [3.8, 4) is 0 Å². The molecule has 0 aliphatic rings. The quantitative estimate of drug-likeness (QED) is 0.626. The fraction of sp³-hybridized carbons (Fsp3) is 0.667. The molecule has 0 rings (SSSR count). The SMILES string of the molecule is CCCC(C=CCC(=O)O)(CCC)C(=O)O. The number of carboxylic acids is 2. The molecule has 0 aliphatic carbocycles. The normalized spacial score (nSPS) is 11.9. The van der Waals surface area contributed by atoms with E-state index in [1.165, 1.54) is 6.08 Å². The summed E-state index contributed by atoms with van der Waals surface area (Å²) in [6.45, 7) is 3.86. The summed E-state index contributed by atoms with van der Waals surface area (Å²) in [7, 11) is 0. The molecule has 0 fully saturated rings. The molecule has 0 unspecified atom stereocenters. The van der Waals surface area contributed by atoms with Crippen LogP contribution in [0.15, 0.2) is 12.2 Å². The summed E-state index contributed by atoms with van der Waals surface area (Å²) in [6, 6.07) is 0. The summed E-state index contributed by atoms with van der Waals surface area (Å²) in [5.41, 5.74) is -0.890. The Morgan fingerprint density at radius 1 is 1.12 bits per heavy atom. The van der Waals surface area contributed by atoms with Crippen LogP contribution in [0.3, 0.4) is 0 Å². The van der Waals surface area contributed by atoms with Crippen molar-refractivity contribution in [1.29, 1.82) is 0 Å². The monoisotopic (exact) mass is 228 g/mol. The molecular formula is C12H20O4. The number of aliphatic carboxylic acids is 2. The van der Waals surface area contributed by atoms with Gasteiger partial charge in [-0.1, -0.05) is 38.8 Å². The van der Waals surface area contributed by atoms with Gasteiger partial charge in [0.05, 0.1) is 11.8 Å². The standard InChI is InChI=1S/C12H20O4/c1-3-7-12(8-4-2,11(15)16)9-5-6-10(13)14/h5,9H,3-4,6-8H2,1-2H3,(H,13,14)(H,15,16). The average molecular weight is 228 g/mol. The molecule has 0 spiro atoms. The van der Waals surface area contributed by atoms with Crippen LogP contribution >= 0.6 is 0 Å². The van der Waals surface area contributed by atoms with Gasteiger partial charge in [0.15, 0.2) is 0 Å². The van der Waals surface area contributed by atoms with E-state index in [-0.39, 0.29) is 6.42 Å². The minimum Gasteiger partial charge on any atom is -0.481 e. The summed E-state index contributed by atoms with van der Waals surface area (Å²) in [5.74, 6) is -1.80. The van der Waals surface area contributed by atoms with Crippen molar-refractivity contribution in [3.63, 3.8) is 0 Å². The van der Waals surface area contributed by atoms with Crippen LogP contribution in [0.5, 0.6) is 0 Å². The lowest BCUT2D eigenvalue weighted by atomic mass is 9.79. The lowest BCUT2D eigenvalue weighted by molar-refractivity contribution is -0.147. The molecule has 0 heterocycles. The van der Waals surface area contributed by atoms with Crippen LogP contribution < -0.4 is 0 Å². The fourth-order valence-electron chi connectivity index (χ4n) is 1.85. The van der Waals surface area contributed by atoms with Gasteiger partial charge in [-0.2, -0.15) is 0 Å². The number of hydrogen-bond donors (Lipinski definition) is 2. The van der Waals surface area contributed by atoms with Crippen LogP contribution in [0.4, 0.5) is 0 Å². The molecule has 0 radical (unpaired) electrons. The largest absolute Gasteiger partial charge is 0.481 e. The van der Waals surface area contributed by atoms with E-state index in [4.69, 9.17) is 5.11 Å². The topological polar surface area (TPSA) is 74.6 Å². The van der Waals surface area contributed by atoms with Gasteiger partial charge >= 0.3 is 11.9 Å². The highest BCUT2D eigenvalue weighted by molar-refractivity contribution is 5.77. The maximum absolute atomic E-state index is 11.3. The third-order valence-electron chi connectivity index (χ3n) is 2.55. The lowest BCUT2D eigenvalue weighted by Gasteiger charge is -2.25. The van der Waals surface area contributed by atoms with Crippen LogP contribution in [-0.4, -0.2) is 22.2 Å². The van der Waals surface area contributed by atoms with E-state index in [1.54, 1.807) is 6.08 Å². The van der Waals surface area contributed by atoms with Crippen molar-refractivity contribution >= 4 is 11.9 Å². The maximum Gasteiger partial charge on any atom is 0.313 e. The summed E-state index contributed by atoms with van der Waals surface area (Å²) >= 11 is 0. The molecule has 0 aromatic heterocycles. The van der Waals surface area contributed by atoms with Gasteiger partial charge in [-0.3, -0.25) is 9.59 Å². The van der Waals surface area contributed by atoms with Gasteiger partial charge in [-0.05, 0) is 12.8 Å². The summed E-state index contributed by atoms with van der Waals surface area (Å²) in [4.78, 5) is 21.7. The van der Waals surface area contributed by atoms with Gasteiger partial charge in [0.25, 0.3) is 0 Å². The first-order chi connectivity index (χ1) is 7.48. The van der Waals surface area contributed by atoms with E-state index in [2.05, 4.69) is 0 Å². The molecule has 0 atom stereocenters. The molecule has 0 saturated carbocycles. The van der Waals surface area contributed by atoms with Gasteiger partial charge in [-0.25, -0.2) is 0 Å². The fourth-order valence-corrected chi connectivity index (χ4v) is 1.85. The second-order valence-corrected chi connectivity index (χ2v) is 3.96. The van der Waals surface area contributed by atoms with Crippen molar-refractivity contribution in [2.24, 2.45) is 5.41 Å². The number of hydrogen-bond acceptors (Lipinski definition) is 2. The molecule has 4 nitrogen and oxygen atoms in total. The molecule has 16 heavy (non-hydrogen) atoms. The van der Waals surface area contributed by atoms with Crippen LogP contribution in [0, 0.1) is 5.41 Å². The van der Waals surface area contributed by atoms with Gasteiger partial charge < -0.3 is 10.2 Å². The van der Waals surface area contributed by atoms with Gasteiger partial charge in [0.1, 0.15) is 0 Å². The van der Waals surface area contributed by atoms with Crippen molar-refractivity contribution in [2.45, 2.75) is 46.0 Å². The highest BCUT2D eigenvalue weighted by atomic mass is 16.4. The van der Waals surface area contributed by atoms with Crippen molar-refractivity contribution < 1.29 is 19.8 Å². The smallest absolute Gasteiger partial charge is 0.313 e. The highest BCUT2D eigenvalue weighted by Gasteiger charge is 2.33. The zero-order valence-corrected chi connectivity index (χ0v) is 9.90. The van der Waals surface area contributed by atoms with E-state index < -0.39 is 17.4 Å². The molecule has 92 valence electrons. The first-order valence-corrected chi connectivity index (χ1v) is 5.61. The van der Waals surface area contributed by atoms with Crippen LogP contribution in [0.2, 0.25) is 0 Å². The summed E-state index contributed by atoms with van der Waals surface area (Å²) in [5, 5.41) is 17.8. The van der Waals surface area contributed by atoms with Crippen LogP contribution in [0.25, 0.3) is 0 Å². The highest BCUT2D eigenvalue weighted by Crippen LogP contribution is 2.32. The van der Waals surface area contributed by atoms with Crippen LogP contribution in [-0.2, 0) is 9.59 Å². The van der Waals surface area contributed by atoms with E-state index >= 15 is 0 Å². The Kier molecular flexibility index (Phi) is 6.46. The Labute approximate surface area is 96.0 Å². The Balaban J connectivity index is 4.79. The molecule has 0 aromatic rings. The van der Waals surface area contributed by atoms with E-state index in [9.17, 15) is 14.7 Å². The van der Waals surface area contributed by atoms with Gasteiger partial charge in [0.2, 0.25) is 0 Å². The lowest BCUT2D eigenvalue weighted by Crippen LogP contribution is -2.28. The zero-order chi connectivity index (χ0) is 12.6. The average Bonchev–Trinajstić information content (AvgIpc) is 2.17. The molecule has 0 saturated heterocycles.